The van der Waals surface area contributed by atoms with Crippen LogP contribution in [-0.2, 0) is 6.54 Å². The fourth-order valence-corrected chi connectivity index (χ4v) is 4.57. The van der Waals surface area contributed by atoms with Crippen LogP contribution in [0.15, 0.2) is 46.2 Å². The van der Waals surface area contributed by atoms with Crippen molar-refractivity contribution in [3.63, 3.8) is 0 Å². The van der Waals surface area contributed by atoms with E-state index in [-0.39, 0.29) is 6.04 Å². The molecular formula is C22H30N4OS+2. The number of piperazine rings is 1. The monoisotopic (exact) mass is 398 g/mol. The van der Waals surface area contributed by atoms with Gasteiger partial charge in [0.15, 0.2) is 6.04 Å². The summed E-state index contributed by atoms with van der Waals surface area (Å²) in [5, 5.41) is 10.6. The Morgan fingerprint density at radius 1 is 1.00 bits per heavy atom. The molecule has 0 amide bonds. The standard InChI is InChI=1S/C22H28N4OS/c1-16(2)19-8-6-18(7-9-19)15-25-10-12-26(13-11-25)17(3)21-23-24-22(27-21)20-5-4-14-28-20/h4-9,14,16-17H,10-13,15H2,1-3H3/p+2/t17-/m0/s1. The number of nitrogens with zero attached hydrogens (tertiary/aromatic N) is 2. The van der Waals surface area contributed by atoms with Crippen LogP contribution >= 0.6 is 11.3 Å². The first-order chi connectivity index (χ1) is 13.6. The molecule has 2 N–H and O–H groups in total. The third kappa shape index (κ3) is 4.35. The van der Waals surface area contributed by atoms with Gasteiger partial charge in [0.2, 0.25) is 0 Å². The van der Waals surface area contributed by atoms with Gasteiger partial charge < -0.3 is 14.2 Å². The van der Waals surface area contributed by atoms with E-state index < -0.39 is 0 Å². The highest BCUT2D eigenvalue weighted by molar-refractivity contribution is 7.13. The molecule has 1 saturated heterocycles. The number of aromatic nitrogens is 2. The van der Waals surface area contributed by atoms with E-state index in [9.17, 15) is 0 Å². The van der Waals surface area contributed by atoms with Crippen molar-refractivity contribution in [1.82, 2.24) is 10.2 Å². The van der Waals surface area contributed by atoms with E-state index in [2.05, 4.69) is 55.2 Å². The van der Waals surface area contributed by atoms with Gasteiger partial charge in [0.25, 0.3) is 11.8 Å². The van der Waals surface area contributed by atoms with Crippen LogP contribution in [0.25, 0.3) is 10.8 Å². The molecule has 2 aromatic heterocycles. The zero-order valence-electron chi connectivity index (χ0n) is 16.9. The van der Waals surface area contributed by atoms with Crippen molar-refractivity contribution in [3.8, 4) is 10.8 Å². The molecule has 3 aromatic rings. The molecule has 1 aromatic carbocycles. The lowest BCUT2D eigenvalue weighted by Crippen LogP contribution is -3.27. The summed E-state index contributed by atoms with van der Waals surface area (Å²) in [5.41, 5.74) is 2.86. The first-order valence-electron chi connectivity index (χ1n) is 10.2. The quantitative estimate of drug-likeness (QED) is 0.667. The zero-order valence-corrected chi connectivity index (χ0v) is 17.8. The summed E-state index contributed by atoms with van der Waals surface area (Å²) >= 11 is 1.63. The Morgan fingerprint density at radius 3 is 2.39 bits per heavy atom. The van der Waals surface area contributed by atoms with Crippen LogP contribution in [0.5, 0.6) is 0 Å². The fourth-order valence-electron chi connectivity index (χ4n) is 3.93. The minimum absolute atomic E-state index is 0.244. The van der Waals surface area contributed by atoms with E-state index in [1.54, 1.807) is 21.1 Å². The Kier molecular flexibility index (Phi) is 5.90. The van der Waals surface area contributed by atoms with Crippen molar-refractivity contribution in [2.45, 2.75) is 39.3 Å². The molecule has 0 saturated carbocycles. The largest absolute Gasteiger partial charge is 0.414 e. The minimum Gasteiger partial charge on any atom is -0.414 e. The number of quaternary nitrogens is 2. The maximum atomic E-state index is 5.96. The molecule has 1 aliphatic rings. The molecule has 1 atom stereocenters. The normalized spacial score (nSPS) is 21.1. The molecule has 28 heavy (non-hydrogen) atoms. The van der Waals surface area contributed by atoms with Crippen molar-refractivity contribution < 1.29 is 14.2 Å². The molecule has 4 rings (SSSR count). The molecule has 0 radical (unpaired) electrons. The van der Waals surface area contributed by atoms with Crippen LogP contribution in [-0.4, -0.2) is 36.4 Å². The van der Waals surface area contributed by atoms with Crippen molar-refractivity contribution in [3.05, 3.63) is 58.8 Å². The molecule has 0 unspecified atom stereocenters. The first kappa shape index (κ1) is 19.3. The number of hydrogen-bond acceptors (Lipinski definition) is 4. The minimum atomic E-state index is 0.244. The fraction of sp³-hybridized carbons (Fsp3) is 0.455. The van der Waals surface area contributed by atoms with Crippen molar-refractivity contribution >= 4 is 11.3 Å². The van der Waals surface area contributed by atoms with Crippen LogP contribution in [0.2, 0.25) is 0 Å². The van der Waals surface area contributed by atoms with Gasteiger partial charge in [0.05, 0.1) is 4.88 Å². The van der Waals surface area contributed by atoms with Crippen LogP contribution in [0.1, 0.15) is 49.7 Å². The average Bonchev–Trinajstić information content (AvgIpc) is 3.40. The Hall–Kier alpha value is -2.02. The first-order valence-corrected chi connectivity index (χ1v) is 11.1. The van der Waals surface area contributed by atoms with E-state index in [0.717, 1.165) is 30.4 Å². The van der Waals surface area contributed by atoms with E-state index in [0.29, 0.717) is 11.8 Å². The summed E-state index contributed by atoms with van der Waals surface area (Å²) < 4.78 is 5.96. The third-order valence-electron chi connectivity index (χ3n) is 5.86. The smallest absolute Gasteiger partial charge is 0.274 e. The van der Waals surface area contributed by atoms with Gasteiger partial charge in [-0.05, 0) is 29.9 Å². The molecule has 148 valence electrons. The van der Waals surface area contributed by atoms with Gasteiger partial charge >= 0.3 is 0 Å². The summed E-state index contributed by atoms with van der Waals surface area (Å²) in [5.74, 6) is 2.00. The van der Waals surface area contributed by atoms with Crippen LogP contribution in [0.3, 0.4) is 0 Å². The maximum absolute atomic E-state index is 5.96. The number of thiophene rings is 1. The average molecular weight is 399 g/mol. The Balaban J connectivity index is 1.31. The lowest BCUT2D eigenvalue weighted by molar-refractivity contribution is -1.03. The van der Waals surface area contributed by atoms with Crippen molar-refractivity contribution in [1.29, 1.82) is 0 Å². The summed E-state index contributed by atoms with van der Waals surface area (Å²) in [7, 11) is 0. The van der Waals surface area contributed by atoms with Gasteiger partial charge in [0, 0.05) is 5.56 Å². The predicted molar refractivity (Wildman–Crippen MR) is 112 cm³/mol. The molecule has 1 fully saturated rings. The van der Waals surface area contributed by atoms with E-state index in [1.807, 2.05) is 17.5 Å². The van der Waals surface area contributed by atoms with Gasteiger partial charge in [-0.1, -0.05) is 44.2 Å². The van der Waals surface area contributed by atoms with Gasteiger partial charge in [-0.25, -0.2) is 0 Å². The summed E-state index contributed by atoms with van der Waals surface area (Å²) in [6.07, 6.45) is 0. The van der Waals surface area contributed by atoms with Crippen LogP contribution < -0.4 is 9.80 Å². The Labute approximate surface area is 171 Å². The molecule has 1 aliphatic heterocycles. The second kappa shape index (κ2) is 8.55. The van der Waals surface area contributed by atoms with Crippen molar-refractivity contribution in [2.75, 3.05) is 26.2 Å². The molecule has 6 heteroatoms. The number of rotatable bonds is 6. The maximum Gasteiger partial charge on any atom is 0.274 e. The molecule has 0 bridgehead atoms. The summed E-state index contributed by atoms with van der Waals surface area (Å²) in [6, 6.07) is 13.4. The van der Waals surface area contributed by atoms with Gasteiger partial charge in [-0.15, -0.1) is 21.5 Å². The molecule has 5 nitrogen and oxygen atoms in total. The lowest BCUT2D eigenvalue weighted by atomic mass is 10.0. The topological polar surface area (TPSA) is 47.8 Å². The molecule has 3 heterocycles. The Bertz CT molecular complexity index is 864. The summed E-state index contributed by atoms with van der Waals surface area (Å²) in [4.78, 5) is 4.25. The van der Waals surface area contributed by atoms with E-state index in [4.69, 9.17) is 4.42 Å². The Morgan fingerprint density at radius 2 is 1.75 bits per heavy atom. The summed E-state index contributed by atoms with van der Waals surface area (Å²) in [6.45, 7) is 12.4. The second-order valence-electron chi connectivity index (χ2n) is 8.13. The highest BCUT2D eigenvalue weighted by Gasteiger charge is 2.31. The molecule has 0 aliphatic carbocycles. The predicted octanol–water partition coefficient (Wildman–Crippen LogP) is 1.97. The van der Waals surface area contributed by atoms with Crippen molar-refractivity contribution in [2.24, 2.45) is 0 Å². The number of benzene rings is 1. The molecular weight excluding hydrogens is 368 g/mol. The number of hydrogen-bond donors (Lipinski definition) is 2. The zero-order chi connectivity index (χ0) is 19.5. The van der Waals surface area contributed by atoms with Gasteiger partial charge in [-0.3, -0.25) is 0 Å². The van der Waals surface area contributed by atoms with E-state index >= 15 is 0 Å². The van der Waals surface area contributed by atoms with Gasteiger partial charge in [0.1, 0.15) is 32.7 Å². The molecule has 0 spiro atoms. The SMILES string of the molecule is CC(C)c1ccc(C[NH+]2CC[NH+]([C@@H](C)c3nnc(-c4cccs4)o3)CC2)cc1. The highest BCUT2D eigenvalue weighted by atomic mass is 32.1. The van der Waals surface area contributed by atoms with E-state index in [1.165, 1.54) is 24.2 Å². The highest BCUT2D eigenvalue weighted by Crippen LogP contribution is 2.24. The van der Waals surface area contributed by atoms with Crippen LogP contribution in [0.4, 0.5) is 0 Å². The lowest BCUT2D eigenvalue weighted by Gasteiger charge is -2.32. The van der Waals surface area contributed by atoms with Crippen LogP contribution in [0, 0.1) is 0 Å². The third-order valence-corrected chi connectivity index (χ3v) is 6.71. The van der Waals surface area contributed by atoms with Gasteiger partial charge in [-0.2, -0.15) is 0 Å². The number of nitrogens with one attached hydrogen (secondary N) is 2. The second-order valence-corrected chi connectivity index (χ2v) is 9.07.